The summed E-state index contributed by atoms with van der Waals surface area (Å²) < 4.78 is 22.5. The van der Waals surface area contributed by atoms with Crippen molar-refractivity contribution in [3.8, 4) is 0 Å². The van der Waals surface area contributed by atoms with E-state index >= 15 is 0 Å². The molecule has 0 saturated carbocycles. The van der Waals surface area contributed by atoms with Crippen LogP contribution < -0.4 is 0 Å². The lowest BCUT2D eigenvalue weighted by molar-refractivity contribution is 0.542. The first kappa shape index (κ1) is 13.7. The number of alkyl halides is 1. The number of hydrogen-bond donors (Lipinski definition) is 0. The van der Waals surface area contributed by atoms with Gasteiger partial charge in [0.05, 0.1) is 4.75 Å². The second-order valence-corrected chi connectivity index (χ2v) is 8.23. The van der Waals surface area contributed by atoms with E-state index in [0.717, 1.165) is 5.56 Å². The van der Waals surface area contributed by atoms with Crippen molar-refractivity contribution in [3.05, 3.63) is 35.9 Å². The third-order valence-corrected chi connectivity index (χ3v) is 6.93. The third-order valence-electron chi connectivity index (χ3n) is 2.97. The molecule has 1 rings (SSSR count). The third kappa shape index (κ3) is 3.08. The minimum atomic E-state index is -3.07. The van der Waals surface area contributed by atoms with Gasteiger partial charge in [0, 0.05) is 11.1 Å². The van der Waals surface area contributed by atoms with Crippen LogP contribution in [0.4, 0.5) is 0 Å². The highest BCUT2D eigenvalue weighted by atomic mass is 79.9. The van der Waals surface area contributed by atoms with Crippen LogP contribution in [0.2, 0.25) is 0 Å². The summed E-state index contributed by atoms with van der Waals surface area (Å²) in [5.74, 6) is 0. The number of rotatable bonds is 4. The Morgan fingerprint density at radius 2 is 1.75 bits per heavy atom. The number of sulfone groups is 1. The zero-order chi connectivity index (χ0) is 12.4. The van der Waals surface area contributed by atoms with Crippen LogP contribution in [-0.2, 0) is 16.3 Å². The summed E-state index contributed by atoms with van der Waals surface area (Å²) in [4.78, 5) is -0.0857. The first-order valence-electron chi connectivity index (χ1n) is 5.13. The van der Waals surface area contributed by atoms with Crippen molar-refractivity contribution in [1.29, 1.82) is 0 Å². The normalized spacial score (nSPS) is 14.8. The van der Waals surface area contributed by atoms with Gasteiger partial charge in [-0.25, -0.2) is 8.42 Å². The molecule has 0 radical (unpaired) electrons. The molecule has 1 atom stereocenters. The Bertz CT molecular complexity index is 437. The van der Waals surface area contributed by atoms with Gasteiger partial charge in [-0.1, -0.05) is 46.3 Å². The highest BCUT2D eigenvalue weighted by Gasteiger charge is 2.37. The lowest BCUT2D eigenvalue weighted by Crippen LogP contribution is -2.41. The van der Waals surface area contributed by atoms with Crippen LogP contribution in [0.5, 0.6) is 0 Å². The number of benzene rings is 1. The molecule has 0 bridgehead atoms. The van der Waals surface area contributed by atoms with Crippen molar-refractivity contribution in [1.82, 2.24) is 0 Å². The number of halogens is 1. The number of hydrogen-bond acceptors (Lipinski definition) is 2. The summed E-state index contributed by atoms with van der Waals surface area (Å²) in [6, 6.07) is 9.89. The van der Waals surface area contributed by atoms with Crippen LogP contribution in [0.15, 0.2) is 30.3 Å². The minimum Gasteiger partial charge on any atom is -0.229 e. The summed E-state index contributed by atoms with van der Waals surface area (Å²) in [5, 5.41) is 0. The molecule has 1 unspecified atom stereocenters. The predicted molar refractivity (Wildman–Crippen MR) is 71.8 cm³/mol. The molecule has 1 aromatic rings. The molecule has 90 valence electrons. The smallest absolute Gasteiger partial charge is 0.153 e. The molecule has 1 aromatic carbocycles. The van der Waals surface area contributed by atoms with Gasteiger partial charge in [-0.3, -0.25) is 0 Å². The molecule has 0 aliphatic carbocycles. The summed E-state index contributed by atoms with van der Waals surface area (Å²) in [6.45, 7) is 3.51. The molecule has 0 heterocycles. The van der Waals surface area contributed by atoms with Crippen molar-refractivity contribution in [3.63, 3.8) is 0 Å². The second-order valence-electron chi connectivity index (χ2n) is 4.53. The van der Waals surface area contributed by atoms with E-state index in [2.05, 4.69) is 15.9 Å². The summed E-state index contributed by atoms with van der Waals surface area (Å²) in [5.41, 5.74) is 1.14. The lowest BCUT2D eigenvalue weighted by atomic mass is 10.0. The van der Waals surface area contributed by atoms with Gasteiger partial charge in [0.1, 0.15) is 0 Å². The van der Waals surface area contributed by atoms with E-state index in [4.69, 9.17) is 0 Å². The van der Waals surface area contributed by atoms with Gasteiger partial charge in [0.2, 0.25) is 0 Å². The first-order valence-corrected chi connectivity index (χ1v) is 7.93. The van der Waals surface area contributed by atoms with E-state index < -0.39 is 14.6 Å². The average molecular weight is 305 g/mol. The SMILES string of the molecule is CC(C)(C(Br)Cc1ccccc1)S(C)(=O)=O. The maximum Gasteiger partial charge on any atom is 0.153 e. The maximum absolute atomic E-state index is 11.7. The quantitative estimate of drug-likeness (QED) is 0.802. The predicted octanol–water partition coefficient (Wildman–Crippen LogP) is 2.82. The summed E-state index contributed by atoms with van der Waals surface area (Å²) in [6.07, 6.45) is 1.99. The Hall–Kier alpha value is -0.350. The van der Waals surface area contributed by atoms with Crippen LogP contribution in [0.25, 0.3) is 0 Å². The molecule has 16 heavy (non-hydrogen) atoms. The van der Waals surface area contributed by atoms with E-state index in [9.17, 15) is 8.42 Å². The van der Waals surface area contributed by atoms with Crippen molar-refractivity contribution >= 4 is 25.8 Å². The Morgan fingerprint density at radius 1 is 1.25 bits per heavy atom. The van der Waals surface area contributed by atoms with Gasteiger partial charge < -0.3 is 0 Å². The monoisotopic (exact) mass is 304 g/mol. The largest absolute Gasteiger partial charge is 0.229 e. The van der Waals surface area contributed by atoms with Crippen LogP contribution in [0, 0.1) is 0 Å². The molecule has 4 heteroatoms. The molecule has 0 spiro atoms. The van der Waals surface area contributed by atoms with E-state index in [1.807, 2.05) is 30.3 Å². The highest BCUT2D eigenvalue weighted by Crippen LogP contribution is 2.28. The van der Waals surface area contributed by atoms with E-state index in [1.54, 1.807) is 13.8 Å². The molecule has 2 nitrogen and oxygen atoms in total. The van der Waals surface area contributed by atoms with Crippen LogP contribution in [-0.4, -0.2) is 24.2 Å². The minimum absolute atomic E-state index is 0.0857. The zero-order valence-corrected chi connectivity index (χ0v) is 12.2. The van der Waals surface area contributed by atoms with Crippen LogP contribution >= 0.6 is 15.9 Å². The second kappa shape index (κ2) is 4.88. The Morgan fingerprint density at radius 3 is 2.19 bits per heavy atom. The van der Waals surface area contributed by atoms with Crippen molar-refractivity contribution in [2.24, 2.45) is 0 Å². The van der Waals surface area contributed by atoms with Gasteiger partial charge in [-0.2, -0.15) is 0 Å². The average Bonchev–Trinajstić information content (AvgIpc) is 2.17. The molecule has 0 saturated heterocycles. The van der Waals surface area contributed by atoms with Crippen molar-refractivity contribution < 1.29 is 8.42 Å². The molecule has 0 aromatic heterocycles. The van der Waals surface area contributed by atoms with Crippen LogP contribution in [0.3, 0.4) is 0 Å². The fourth-order valence-electron chi connectivity index (χ4n) is 1.30. The fraction of sp³-hybridized carbons (Fsp3) is 0.500. The molecule has 0 aliphatic heterocycles. The van der Waals surface area contributed by atoms with E-state index in [0.29, 0.717) is 6.42 Å². The highest BCUT2D eigenvalue weighted by molar-refractivity contribution is 9.09. The first-order chi connectivity index (χ1) is 7.25. The molecular formula is C12H17BrO2S. The Balaban J connectivity index is 2.85. The zero-order valence-electron chi connectivity index (χ0n) is 9.77. The standard InChI is InChI=1S/C12H17BrO2S/c1-12(2,16(3,14)15)11(13)9-10-7-5-4-6-8-10/h4-8,11H,9H2,1-3H3. The molecule has 0 amide bonds. The lowest BCUT2D eigenvalue weighted by Gasteiger charge is -2.28. The van der Waals surface area contributed by atoms with Gasteiger partial charge in [-0.15, -0.1) is 0 Å². The van der Waals surface area contributed by atoms with Gasteiger partial charge >= 0.3 is 0 Å². The molecular weight excluding hydrogens is 288 g/mol. The van der Waals surface area contributed by atoms with Gasteiger partial charge in [-0.05, 0) is 25.8 Å². The van der Waals surface area contributed by atoms with E-state index in [1.165, 1.54) is 6.26 Å². The van der Waals surface area contributed by atoms with Crippen molar-refractivity contribution in [2.75, 3.05) is 6.26 Å². The summed E-state index contributed by atoms with van der Waals surface area (Å²) >= 11 is 3.49. The van der Waals surface area contributed by atoms with E-state index in [-0.39, 0.29) is 4.83 Å². The maximum atomic E-state index is 11.7. The molecule has 0 N–H and O–H groups in total. The molecule has 0 fully saturated rings. The van der Waals surface area contributed by atoms with Gasteiger partial charge in [0.25, 0.3) is 0 Å². The van der Waals surface area contributed by atoms with Crippen LogP contribution in [0.1, 0.15) is 19.4 Å². The Kier molecular flexibility index (Phi) is 4.18. The van der Waals surface area contributed by atoms with Gasteiger partial charge in [0.15, 0.2) is 9.84 Å². The van der Waals surface area contributed by atoms with Crippen molar-refractivity contribution in [2.45, 2.75) is 29.8 Å². The summed E-state index contributed by atoms with van der Waals surface area (Å²) in [7, 11) is -3.07. The molecule has 0 aliphatic rings. The topological polar surface area (TPSA) is 34.1 Å². The Labute approximate surface area is 106 Å². The fourth-order valence-corrected chi connectivity index (χ4v) is 3.24.